The second kappa shape index (κ2) is 5.39. The standard InChI is InChI=1S/C17H17Cl2N3O/c1-9-11(5-10-6-12(18)15(23)13(19)7-10)16-20-14(17(2,3)4)8-22(16)21-9/h5-8,23H,1-4H3/b11-5-. The van der Waals surface area contributed by atoms with Crippen LogP contribution >= 0.6 is 23.2 Å². The molecule has 4 nitrogen and oxygen atoms in total. The van der Waals surface area contributed by atoms with E-state index in [-0.39, 0.29) is 21.2 Å². The van der Waals surface area contributed by atoms with Crippen LogP contribution in [0.1, 0.15) is 37.7 Å². The third-order valence-electron chi connectivity index (χ3n) is 3.70. The molecule has 3 rings (SSSR count). The van der Waals surface area contributed by atoms with Gasteiger partial charge in [-0.1, -0.05) is 44.0 Å². The summed E-state index contributed by atoms with van der Waals surface area (Å²) in [6, 6.07) is 3.33. The van der Waals surface area contributed by atoms with Gasteiger partial charge in [0.25, 0.3) is 0 Å². The molecule has 0 saturated carbocycles. The normalized spacial score (nSPS) is 13.2. The van der Waals surface area contributed by atoms with Gasteiger partial charge in [0, 0.05) is 10.6 Å². The Morgan fingerprint density at radius 2 is 1.78 bits per heavy atom. The summed E-state index contributed by atoms with van der Waals surface area (Å²) in [4.78, 5) is 4.72. The van der Waals surface area contributed by atoms with Crippen LogP contribution in [0.3, 0.4) is 0 Å². The van der Waals surface area contributed by atoms with E-state index in [0.717, 1.165) is 27.8 Å². The number of hydrogen-bond donors (Lipinski definition) is 1. The monoisotopic (exact) mass is 349 g/mol. The molecule has 1 N–H and O–H groups in total. The molecule has 0 spiro atoms. The van der Waals surface area contributed by atoms with Crippen molar-refractivity contribution in [2.45, 2.75) is 33.1 Å². The molecule has 0 aliphatic rings. The van der Waals surface area contributed by atoms with Gasteiger partial charge in [-0.05, 0) is 30.7 Å². The van der Waals surface area contributed by atoms with Crippen molar-refractivity contribution in [1.29, 1.82) is 0 Å². The molecule has 0 radical (unpaired) electrons. The zero-order valence-electron chi connectivity index (χ0n) is 13.4. The first kappa shape index (κ1) is 16.1. The summed E-state index contributed by atoms with van der Waals surface area (Å²) in [5, 5.41) is 15.5. The Morgan fingerprint density at radius 3 is 2.35 bits per heavy atom. The summed E-state index contributed by atoms with van der Waals surface area (Å²) in [5.41, 5.74) is 3.39. The van der Waals surface area contributed by atoms with E-state index in [1.807, 2.05) is 19.2 Å². The number of aromatic nitrogens is 3. The van der Waals surface area contributed by atoms with Gasteiger partial charge in [0.2, 0.25) is 0 Å². The second-order valence-corrected chi connectivity index (χ2v) is 7.44. The van der Waals surface area contributed by atoms with Crippen LogP contribution < -0.4 is 5.22 Å². The van der Waals surface area contributed by atoms with Crippen LogP contribution in [0.2, 0.25) is 10.0 Å². The molecule has 1 aromatic carbocycles. The quantitative estimate of drug-likeness (QED) is 0.724. The Morgan fingerprint density at radius 1 is 1.17 bits per heavy atom. The highest BCUT2D eigenvalue weighted by molar-refractivity contribution is 6.37. The van der Waals surface area contributed by atoms with Gasteiger partial charge < -0.3 is 5.11 Å². The number of nitrogens with zero attached hydrogens (tertiary/aromatic N) is 3. The average Bonchev–Trinajstić information content (AvgIpc) is 2.95. The molecular formula is C17H17Cl2N3O. The molecule has 0 atom stereocenters. The minimum absolute atomic E-state index is 0.0446. The number of phenolic OH excluding ortho intramolecular Hbond substituents is 1. The molecule has 2 heterocycles. The van der Waals surface area contributed by atoms with E-state index in [1.165, 1.54) is 0 Å². The Kier molecular flexibility index (Phi) is 3.77. The van der Waals surface area contributed by atoms with Gasteiger partial charge in [-0.2, -0.15) is 5.10 Å². The van der Waals surface area contributed by atoms with Gasteiger partial charge in [-0.15, -0.1) is 0 Å². The molecule has 0 bridgehead atoms. The molecule has 0 fully saturated rings. The molecule has 0 unspecified atom stereocenters. The number of phenols is 1. The number of imidazole rings is 1. The molecule has 0 aliphatic carbocycles. The summed E-state index contributed by atoms with van der Waals surface area (Å²) in [6.07, 6.45) is 3.88. The Labute approximate surface area is 144 Å². The SMILES string of the molecule is Cc1nn2cc(C(C)(C)C)nc2/c1=C\c1cc(Cl)c(O)c(Cl)c1. The van der Waals surface area contributed by atoms with Crippen LogP contribution in [-0.4, -0.2) is 19.7 Å². The topological polar surface area (TPSA) is 50.4 Å². The number of halogens is 2. The minimum Gasteiger partial charge on any atom is -0.505 e. The first-order valence-corrected chi connectivity index (χ1v) is 7.98. The lowest BCUT2D eigenvalue weighted by Gasteiger charge is -2.13. The van der Waals surface area contributed by atoms with Crippen LogP contribution in [0.25, 0.3) is 11.7 Å². The van der Waals surface area contributed by atoms with Crippen molar-refractivity contribution in [3.05, 3.63) is 50.5 Å². The highest BCUT2D eigenvalue weighted by atomic mass is 35.5. The predicted octanol–water partition coefficient (Wildman–Crippen LogP) is 3.90. The summed E-state index contributed by atoms with van der Waals surface area (Å²) in [6.45, 7) is 8.28. The fraction of sp³-hybridized carbons (Fsp3) is 0.294. The van der Waals surface area contributed by atoms with E-state index in [0.29, 0.717) is 0 Å². The number of aryl methyl sites for hydroxylation is 1. The van der Waals surface area contributed by atoms with Crippen molar-refractivity contribution in [2.24, 2.45) is 0 Å². The van der Waals surface area contributed by atoms with Gasteiger partial charge in [-0.3, -0.25) is 0 Å². The molecule has 0 saturated heterocycles. The molecule has 23 heavy (non-hydrogen) atoms. The van der Waals surface area contributed by atoms with Gasteiger partial charge in [0.15, 0.2) is 11.4 Å². The summed E-state index contributed by atoms with van der Waals surface area (Å²) >= 11 is 12.0. The van der Waals surface area contributed by atoms with E-state index >= 15 is 0 Å². The zero-order valence-corrected chi connectivity index (χ0v) is 14.9. The zero-order chi connectivity index (χ0) is 16.9. The smallest absolute Gasteiger partial charge is 0.162 e. The van der Waals surface area contributed by atoms with Gasteiger partial charge in [-0.25, -0.2) is 9.50 Å². The average molecular weight is 350 g/mol. The van der Waals surface area contributed by atoms with Gasteiger partial charge in [0.05, 0.1) is 27.6 Å². The van der Waals surface area contributed by atoms with Gasteiger partial charge in [0.1, 0.15) is 0 Å². The maximum Gasteiger partial charge on any atom is 0.162 e. The first-order chi connectivity index (χ1) is 10.7. The molecular weight excluding hydrogens is 333 g/mol. The maximum atomic E-state index is 9.67. The largest absolute Gasteiger partial charge is 0.505 e. The molecule has 6 heteroatoms. The van der Waals surface area contributed by atoms with Crippen molar-refractivity contribution in [2.75, 3.05) is 0 Å². The Hall–Kier alpha value is -1.78. The van der Waals surface area contributed by atoms with E-state index in [2.05, 4.69) is 25.9 Å². The molecule has 0 aliphatic heterocycles. The van der Waals surface area contributed by atoms with Crippen molar-refractivity contribution in [1.82, 2.24) is 14.6 Å². The van der Waals surface area contributed by atoms with Crippen molar-refractivity contribution < 1.29 is 5.11 Å². The van der Waals surface area contributed by atoms with Gasteiger partial charge >= 0.3 is 0 Å². The van der Waals surface area contributed by atoms with Crippen LogP contribution in [0, 0.1) is 6.92 Å². The van der Waals surface area contributed by atoms with E-state index in [9.17, 15) is 5.11 Å². The van der Waals surface area contributed by atoms with Crippen LogP contribution in [0.4, 0.5) is 0 Å². The highest BCUT2D eigenvalue weighted by Crippen LogP contribution is 2.32. The first-order valence-electron chi connectivity index (χ1n) is 7.22. The van der Waals surface area contributed by atoms with E-state index in [1.54, 1.807) is 16.6 Å². The lowest BCUT2D eigenvalue weighted by Crippen LogP contribution is -2.12. The maximum absolute atomic E-state index is 9.67. The van der Waals surface area contributed by atoms with E-state index in [4.69, 9.17) is 28.2 Å². The van der Waals surface area contributed by atoms with Crippen molar-refractivity contribution >= 4 is 34.9 Å². The molecule has 3 aromatic rings. The van der Waals surface area contributed by atoms with Crippen molar-refractivity contribution in [3.8, 4) is 5.75 Å². The third kappa shape index (κ3) is 2.89. The lowest BCUT2D eigenvalue weighted by molar-refractivity contribution is 0.476. The summed E-state index contributed by atoms with van der Waals surface area (Å²) in [7, 11) is 0. The fourth-order valence-corrected chi connectivity index (χ4v) is 2.88. The highest BCUT2D eigenvalue weighted by Gasteiger charge is 2.19. The van der Waals surface area contributed by atoms with E-state index < -0.39 is 0 Å². The second-order valence-electron chi connectivity index (χ2n) is 6.62. The van der Waals surface area contributed by atoms with Crippen molar-refractivity contribution in [3.63, 3.8) is 0 Å². The number of rotatable bonds is 1. The molecule has 0 amide bonds. The predicted molar refractivity (Wildman–Crippen MR) is 93.3 cm³/mol. The van der Waals surface area contributed by atoms with Crippen LogP contribution in [0.15, 0.2) is 18.3 Å². The molecule has 2 aromatic heterocycles. The van der Waals surface area contributed by atoms with Crippen LogP contribution in [0.5, 0.6) is 5.75 Å². The minimum atomic E-state index is -0.108. The Balaban J connectivity index is 2.23. The number of aromatic hydroxyl groups is 1. The number of fused-ring (bicyclic) bond motifs is 1. The number of benzene rings is 1. The molecule has 120 valence electrons. The lowest BCUT2D eigenvalue weighted by atomic mass is 9.93. The summed E-state index contributed by atoms with van der Waals surface area (Å²) < 4.78 is 1.80. The van der Waals surface area contributed by atoms with Crippen LogP contribution in [-0.2, 0) is 5.41 Å². The Bertz CT molecular complexity index is 932. The fourth-order valence-electron chi connectivity index (χ4n) is 2.37. The number of hydrogen-bond acceptors (Lipinski definition) is 3. The third-order valence-corrected chi connectivity index (χ3v) is 4.27. The summed E-state index contributed by atoms with van der Waals surface area (Å²) in [5.74, 6) is -0.108.